The van der Waals surface area contributed by atoms with Crippen molar-refractivity contribution in [3.05, 3.63) is 81.7 Å². The number of nitrogens with one attached hydrogen (secondary N) is 1. The van der Waals surface area contributed by atoms with Crippen LogP contribution < -0.4 is 10.9 Å². The zero-order valence-electron chi connectivity index (χ0n) is 25.9. The molecule has 0 spiro atoms. The van der Waals surface area contributed by atoms with E-state index in [2.05, 4.69) is 44.3 Å². The molecule has 224 valence electrons. The molecule has 10 heteroatoms. The minimum absolute atomic E-state index is 0.0306. The second kappa shape index (κ2) is 11.7. The minimum Gasteiger partial charge on any atom is -0.442 e. The third-order valence-electron chi connectivity index (χ3n) is 7.74. The van der Waals surface area contributed by atoms with Gasteiger partial charge in [-0.3, -0.25) is 4.79 Å². The van der Waals surface area contributed by atoms with E-state index in [9.17, 15) is 9.59 Å². The Bertz CT molecular complexity index is 1660. The summed E-state index contributed by atoms with van der Waals surface area (Å²) in [5.41, 5.74) is 2.27. The number of halogens is 1. The van der Waals surface area contributed by atoms with Crippen LogP contribution in [0.4, 0.5) is 10.6 Å². The van der Waals surface area contributed by atoms with Gasteiger partial charge in [0.1, 0.15) is 5.60 Å². The Labute approximate surface area is 253 Å². The highest BCUT2D eigenvalue weighted by Gasteiger charge is 2.38. The summed E-state index contributed by atoms with van der Waals surface area (Å²) in [4.78, 5) is 26.4. The van der Waals surface area contributed by atoms with Crippen LogP contribution in [0.3, 0.4) is 0 Å². The second-order valence-electron chi connectivity index (χ2n) is 13.0. The monoisotopic (exact) mass is 608 g/mol. The Balaban J connectivity index is 1.72. The quantitative estimate of drug-likeness (QED) is 0.214. The standard InChI is InChI=1S/C32H41ClN4O4Si/c1-31(2,3)41-30(39)37-26-14-13-21(18-25(26)29(34-7)35-37)22-15-16-36(28(38)19-22)27(23-11-10-12-24(33)17-23)20-40-42(8,9)32(4,5)6/h10-19,27H,20H2,1-9H3,(H,34,35). The van der Waals surface area contributed by atoms with E-state index in [0.29, 0.717) is 23.0 Å². The molecule has 0 amide bonds. The molecule has 2 aromatic heterocycles. The van der Waals surface area contributed by atoms with Gasteiger partial charge in [-0.2, -0.15) is 4.68 Å². The van der Waals surface area contributed by atoms with Gasteiger partial charge in [-0.15, -0.1) is 5.10 Å². The van der Waals surface area contributed by atoms with Crippen molar-refractivity contribution in [2.45, 2.75) is 71.3 Å². The maximum Gasteiger partial charge on any atom is 0.435 e. The highest BCUT2D eigenvalue weighted by molar-refractivity contribution is 6.74. The van der Waals surface area contributed by atoms with E-state index in [1.54, 1.807) is 17.7 Å². The molecule has 2 heterocycles. The van der Waals surface area contributed by atoms with E-state index in [1.165, 1.54) is 4.68 Å². The minimum atomic E-state index is -2.08. The first kappa shape index (κ1) is 31.5. The van der Waals surface area contributed by atoms with E-state index in [4.69, 9.17) is 20.8 Å². The van der Waals surface area contributed by atoms with Crippen molar-refractivity contribution in [1.82, 2.24) is 14.3 Å². The van der Waals surface area contributed by atoms with Gasteiger partial charge >= 0.3 is 6.09 Å². The number of aromatic nitrogens is 3. The molecule has 0 bridgehead atoms. The number of fused-ring (bicyclic) bond motifs is 1. The van der Waals surface area contributed by atoms with E-state index < -0.39 is 20.0 Å². The lowest BCUT2D eigenvalue weighted by atomic mass is 10.0. The summed E-state index contributed by atoms with van der Waals surface area (Å²) in [7, 11) is -0.331. The van der Waals surface area contributed by atoms with E-state index in [-0.39, 0.29) is 16.6 Å². The molecule has 4 aromatic rings. The fourth-order valence-electron chi connectivity index (χ4n) is 4.41. The second-order valence-corrected chi connectivity index (χ2v) is 18.3. The topological polar surface area (TPSA) is 87.4 Å². The van der Waals surface area contributed by atoms with Crippen LogP contribution in [0.5, 0.6) is 0 Å². The molecular formula is C32H41ClN4O4Si. The van der Waals surface area contributed by atoms with Crippen LogP contribution in [0.2, 0.25) is 23.2 Å². The molecule has 0 saturated carbocycles. The maximum absolute atomic E-state index is 13.6. The summed E-state index contributed by atoms with van der Waals surface area (Å²) >= 11 is 6.35. The summed E-state index contributed by atoms with van der Waals surface area (Å²) < 4.78 is 15.1. The first-order chi connectivity index (χ1) is 19.5. The van der Waals surface area contributed by atoms with Crippen molar-refractivity contribution in [3.8, 4) is 11.1 Å². The number of nitrogens with zero attached hydrogens (tertiary/aromatic N) is 3. The number of rotatable bonds is 7. The molecule has 1 atom stereocenters. The molecular weight excluding hydrogens is 568 g/mol. The third-order valence-corrected chi connectivity index (χ3v) is 12.5. The zero-order chi connectivity index (χ0) is 31.0. The van der Waals surface area contributed by atoms with Crippen molar-refractivity contribution in [2.24, 2.45) is 0 Å². The first-order valence-electron chi connectivity index (χ1n) is 14.1. The normalized spacial score (nSPS) is 13.3. The van der Waals surface area contributed by atoms with E-state index in [1.807, 2.05) is 75.5 Å². The largest absolute Gasteiger partial charge is 0.442 e. The van der Waals surface area contributed by atoms with Crippen LogP contribution in [0, 0.1) is 0 Å². The molecule has 8 nitrogen and oxygen atoms in total. The molecule has 0 saturated heterocycles. The zero-order valence-corrected chi connectivity index (χ0v) is 27.7. The van der Waals surface area contributed by atoms with Crippen molar-refractivity contribution in [2.75, 3.05) is 19.0 Å². The number of hydrogen-bond acceptors (Lipinski definition) is 6. The van der Waals surface area contributed by atoms with Crippen LogP contribution in [0.15, 0.2) is 65.6 Å². The molecule has 2 aromatic carbocycles. The first-order valence-corrected chi connectivity index (χ1v) is 17.4. The van der Waals surface area contributed by atoms with Gasteiger partial charge in [0, 0.05) is 29.7 Å². The summed E-state index contributed by atoms with van der Waals surface area (Å²) in [5, 5.41) is 8.86. The lowest BCUT2D eigenvalue weighted by molar-refractivity contribution is 0.0523. The Morgan fingerprint density at radius 1 is 1.02 bits per heavy atom. The van der Waals surface area contributed by atoms with Crippen molar-refractivity contribution >= 4 is 42.7 Å². The van der Waals surface area contributed by atoms with Crippen molar-refractivity contribution < 1.29 is 14.0 Å². The molecule has 4 rings (SSSR count). The average molecular weight is 609 g/mol. The molecule has 1 unspecified atom stereocenters. The highest BCUT2D eigenvalue weighted by Crippen LogP contribution is 2.37. The lowest BCUT2D eigenvalue weighted by Crippen LogP contribution is -2.43. The van der Waals surface area contributed by atoms with Gasteiger partial charge in [0.15, 0.2) is 14.1 Å². The fraction of sp³-hybridized carbons (Fsp3) is 0.406. The van der Waals surface area contributed by atoms with Gasteiger partial charge in [-0.1, -0.05) is 50.6 Å². The van der Waals surface area contributed by atoms with Crippen LogP contribution in [0.1, 0.15) is 53.1 Å². The Morgan fingerprint density at radius 2 is 1.71 bits per heavy atom. The summed E-state index contributed by atoms with van der Waals surface area (Å²) in [6.45, 7) is 16.8. The predicted molar refractivity (Wildman–Crippen MR) is 173 cm³/mol. The van der Waals surface area contributed by atoms with Crippen LogP contribution in [-0.2, 0) is 9.16 Å². The van der Waals surface area contributed by atoms with Crippen LogP contribution in [0.25, 0.3) is 22.0 Å². The van der Waals surface area contributed by atoms with Gasteiger partial charge in [-0.05, 0) is 85.9 Å². The van der Waals surface area contributed by atoms with Gasteiger partial charge in [0.05, 0.1) is 18.2 Å². The number of ether oxygens (including phenoxy) is 1. The predicted octanol–water partition coefficient (Wildman–Crippen LogP) is 7.95. The number of hydrogen-bond donors (Lipinski definition) is 1. The van der Waals surface area contributed by atoms with Crippen molar-refractivity contribution in [3.63, 3.8) is 0 Å². The van der Waals surface area contributed by atoms with E-state index in [0.717, 1.165) is 22.1 Å². The molecule has 0 aliphatic carbocycles. The van der Waals surface area contributed by atoms with Gasteiger partial charge in [0.2, 0.25) is 0 Å². The molecule has 0 aliphatic rings. The number of benzene rings is 2. The van der Waals surface area contributed by atoms with Gasteiger partial charge in [-0.25, -0.2) is 4.79 Å². The number of carbonyl (C=O) groups is 1. The number of carbonyl (C=O) groups excluding carboxylic acids is 1. The van der Waals surface area contributed by atoms with E-state index >= 15 is 0 Å². The summed E-state index contributed by atoms with van der Waals surface area (Å²) in [6, 6.07) is 16.4. The summed E-state index contributed by atoms with van der Waals surface area (Å²) in [6.07, 6.45) is 1.25. The van der Waals surface area contributed by atoms with Crippen LogP contribution >= 0.6 is 11.6 Å². The molecule has 0 fully saturated rings. The fourth-order valence-corrected chi connectivity index (χ4v) is 5.61. The molecule has 0 radical (unpaired) electrons. The van der Waals surface area contributed by atoms with Crippen molar-refractivity contribution in [1.29, 1.82) is 0 Å². The SMILES string of the molecule is CNc1nn(C(=O)OC(C)(C)C)c2ccc(-c3ccn(C(CO[Si](C)(C)C(C)(C)C)c4cccc(Cl)c4)c(=O)c3)cc12. The maximum atomic E-state index is 13.6. The molecule has 0 aliphatic heterocycles. The lowest BCUT2D eigenvalue weighted by Gasteiger charge is -2.37. The average Bonchev–Trinajstić information content (AvgIpc) is 3.26. The Kier molecular flexibility index (Phi) is 8.79. The summed E-state index contributed by atoms with van der Waals surface area (Å²) in [5.74, 6) is 0.537. The molecule has 1 N–H and O–H groups in total. The smallest absolute Gasteiger partial charge is 0.435 e. The Hall–Kier alpha value is -3.40. The Morgan fingerprint density at radius 3 is 2.31 bits per heavy atom. The van der Waals surface area contributed by atoms with Gasteiger partial charge < -0.3 is 19.0 Å². The number of anilines is 1. The molecule has 42 heavy (non-hydrogen) atoms. The highest BCUT2D eigenvalue weighted by atomic mass is 35.5. The third kappa shape index (κ3) is 6.80. The van der Waals surface area contributed by atoms with Crippen LogP contribution in [-0.4, -0.2) is 48.0 Å². The van der Waals surface area contributed by atoms with Gasteiger partial charge in [0.25, 0.3) is 5.56 Å². The number of pyridine rings is 1.